The van der Waals surface area contributed by atoms with E-state index in [2.05, 4.69) is 31.7 Å². The molecule has 0 N–H and O–H groups in total. The molecular formula is C23H28ClN7O3. The molecule has 3 aromatic heterocycles. The Morgan fingerprint density at radius 2 is 1.79 bits per heavy atom. The van der Waals surface area contributed by atoms with Gasteiger partial charge >= 0.3 is 11.1 Å². The van der Waals surface area contributed by atoms with Gasteiger partial charge in [0, 0.05) is 70.0 Å². The molecule has 0 spiro atoms. The van der Waals surface area contributed by atoms with Crippen molar-refractivity contribution in [2.75, 3.05) is 37.7 Å². The molecule has 0 unspecified atom stereocenters. The van der Waals surface area contributed by atoms with Gasteiger partial charge in [0.15, 0.2) is 5.65 Å². The highest BCUT2D eigenvalue weighted by Gasteiger charge is 2.26. The van der Waals surface area contributed by atoms with Crippen molar-refractivity contribution in [2.45, 2.75) is 38.5 Å². The lowest BCUT2D eigenvalue weighted by Gasteiger charge is -2.33. The maximum Gasteiger partial charge on any atom is 0.318 e. The summed E-state index contributed by atoms with van der Waals surface area (Å²) in [6, 6.07) is 1.54. The van der Waals surface area contributed by atoms with E-state index in [-0.39, 0.29) is 12.1 Å². The summed E-state index contributed by atoms with van der Waals surface area (Å²) in [7, 11) is 1.57. The van der Waals surface area contributed by atoms with Gasteiger partial charge in [-0.05, 0) is 25.8 Å². The van der Waals surface area contributed by atoms with Gasteiger partial charge in [-0.3, -0.25) is 19.1 Å². The molecule has 180 valence electrons. The molecule has 1 atom stereocenters. The quantitative estimate of drug-likeness (QED) is 0.514. The van der Waals surface area contributed by atoms with Crippen LogP contribution >= 0.6 is 11.6 Å². The zero-order valence-corrected chi connectivity index (χ0v) is 20.1. The van der Waals surface area contributed by atoms with E-state index in [9.17, 15) is 9.59 Å². The lowest BCUT2D eigenvalue weighted by molar-refractivity contribution is -0.0212. The molecule has 2 aliphatic rings. The van der Waals surface area contributed by atoms with Crippen molar-refractivity contribution in [1.29, 1.82) is 0 Å². The van der Waals surface area contributed by atoms with Crippen LogP contribution < -0.4 is 16.0 Å². The van der Waals surface area contributed by atoms with Crippen LogP contribution in [0.3, 0.4) is 0 Å². The molecule has 2 aliphatic heterocycles. The number of ether oxygens (including phenoxy) is 1. The average molecular weight is 486 g/mol. The van der Waals surface area contributed by atoms with E-state index in [4.69, 9.17) is 16.3 Å². The lowest BCUT2D eigenvalue weighted by atomic mass is 10.0. The second-order valence-corrected chi connectivity index (χ2v) is 9.50. The Morgan fingerprint density at radius 1 is 1.06 bits per heavy atom. The molecule has 34 heavy (non-hydrogen) atoms. The molecule has 2 saturated heterocycles. The smallest absolute Gasteiger partial charge is 0.318 e. The third-order valence-corrected chi connectivity index (χ3v) is 6.85. The van der Waals surface area contributed by atoms with Gasteiger partial charge in [-0.2, -0.15) is 0 Å². The zero-order chi connectivity index (χ0) is 23.8. The normalized spacial score (nSPS) is 20.2. The number of piperidine rings is 1. The van der Waals surface area contributed by atoms with Crippen LogP contribution in [-0.4, -0.2) is 67.9 Å². The topological polar surface area (TPSA) is 98.4 Å². The summed E-state index contributed by atoms with van der Waals surface area (Å²) in [6.07, 6.45) is 6.90. The number of aromatic nitrogens is 5. The second-order valence-electron chi connectivity index (χ2n) is 9.06. The first kappa shape index (κ1) is 22.9. The van der Waals surface area contributed by atoms with Gasteiger partial charge in [-0.25, -0.2) is 15.0 Å². The monoisotopic (exact) mass is 485 g/mol. The van der Waals surface area contributed by atoms with Gasteiger partial charge in [0.25, 0.3) is 0 Å². The molecule has 11 heteroatoms. The average Bonchev–Trinajstić information content (AvgIpc) is 2.84. The summed E-state index contributed by atoms with van der Waals surface area (Å²) in [5.74, 6) is 0.684. The molecule has 5 rings (SSSR count). The van der Waals surface area contributed by atoms with Crippen LogP contribution in [0.15, 0.2) is 34.2 Å². The summed E-state index contributed by atoms with van der Waals surface area (Å²) in [4.78, 5) is 43.5. The first-order valence-corrected chi connectivity index (χ1v) is 11.9. The number of rotatable bonds is 4. The lowest BCUT2D eigenvalue weighted by Crippen LogP contribution is -2.45. The first-order chi connectivity index (χ1) is 16.4. The van der Waals surface area contributed by atoms with Crippen molar-refractivity contribution in [3.8, 4) is 0 Å². The third-order valence-electron chi connectivity index (χ3n) is 6.65. The predicted molar refractivity (Wildman–Crippen MR) is 129 cm³/mol. The summed E-state index contributed by atoms with van der Waals surface area (Å²) < 4.78 is 8.46. The van der Waals surface area contributed by atoms with E-state index in [1.807, 2.05) is 12.4 Å². The van der Waals surface area contributed by atoms with Crippen molar-refractivity contribution >= 4 is 28.7 Å². The number of anilines is 1. The Bertz CT molecular complexity index is 1300. The Morgan fingerprint density at radius 3 is 2.50 bits per heavy atom. The second kappa shape index (κ2) is 9.44. The molecule has 0 saturated carbocycles. The van der Waals surface area contributed by atoms with Crippen LogP contribution in [0, 0.1) is 0 Å². The Balaban J connectivity index is 1.30. The number of nitrogens with zero attached hydrogens (tertiary/aromatic N) is 7. The van der Waals surface area contributed by atoms with Gasteiger partial charge in [-0.15, -0.1) is 0 Å². The minimum absolute atomic E-state index is 0.128. The maximum atomic E-state index is 12.9. The minimum atomic E-state index is -0.576. The van der Waals surface area contributed by atoms with Gasteiger partial charge in [0.2, 0.25) is 5.95 Å². The fourth-order valence-corrected chi connectivity index (χ4v) is 5.01. The van der Waals surface area contributed by atoms with Crippen molar-refractivity contribution in [3.05, 3.63) is 56.0 Å². The molecular weight excluding hydrogens is 458 g/mol. The Kier molecular flexibility index (Phi) is 6.37. The van der Waals surface area contributed by atoms with Crippen LogP contribution in [0.2, 0.25) is 5.02 Å². The number of hydrogen-bond acceptors (Lipinski definition) is 8. The number of aryl methyl sites for hydroxylation is 1. The standard InChI is InChI=1S/C23H28ClN7O3/c1-15-13-29(7-8-34-15)14-16-10-26-23(27-11-16)30-5-3-18(4-6-30)31-20-19(9-17(24)12-25-20)28(2)21(32)22(31)33/h9-12,15,18H,3-8,13-14H2,1-2H3/t15-/m0/s1. The highest BCUT2D eigenvalue weighted by Crippen LogP contribution is 2.26. The third kappa shape index (κ3) is 4.45. The van der Waals surface area contributed by atoms with E-state index < -0.39 is 11.1 Å². The summed E-state index contributed by atoms with van der Waals surface area (Å²) in [5.41, 5.74) is 0.977. The van der Waals surface area contributed by atoms with Crippen molar-refractivity contribution in [3.63, 3.8) is 0 Å². The number of morpholine rings is 1. The molecule has 0 bridgehead atoms. The number of fused-ring (bicyclic) bond motifs is 1. The molecule has 0 aromatic carbocycles. The molecule has 0 aliphatic carbocycles. The Labute approximate surface area is 201 Å². The van der Waals surface area contributed by atoms with Crippen LogP contribution in [0.4, 0.5) is 5.95 Å². The molecule has 2 fully saturated rings. The highest BCUT2D eigenvalue weighted by atomic mass is 35.5. The molecule has 0 amide bonds. The fraction of sp³-hybridized carbons (Fsp3) is 0.522. The number of pyridine rings is 1. The fourth-order valence-electron chi connectivity index (χ4n) is 4.85. The van der Waals surface area contributed by atoms with Gasteiger partial charge in [-0.1, -0.05) is 11.6 Å². The molecule has 0 radical (unpaired) electrons. The predicted octanol–water partition coefficient (Wildman–Crippen LogP) is 1.60. The van der Waals surface area contributed by atoms with E-state index in [1.165, 1.54) is 10.8 Å². The first-order valence-electron chi connectivity index (χ1n) is 11.6. The number of halogens is 1. The zero-order valence-electron chi connectivity index (χ0n) is 19.4. The highest BCUT2D eigenvalue weighted by molar-refractivity contribution is 6.31. The summed E-state index contributed by atoms with van der Waals surface area (Å²) in [6.45, 7) is 6.84. The SMILES string of the molecule is C[C@H]1CN(Cc2cnc(N3CCC(n4c(=O)c(=O)n(C)c5cc(Cl)cnc54)CC3)nc2)CCO1. The minimum Gasteiger partial charge on any atom is -0.376 e. The van der Waals surface area contributed by atoms with E-state index in [1.54, 1.807) is 17.7 Å². The van der Waals surface area contributed by atoms with E-state index >= 15 is 0 Å². The van der Waals surface area contributed by atoms with Crippen LogP contribution in [0.1, 0.15) is 31.4 Å². The van der Waals surface area contributed by atoms with E-state index in [0.717, 1.165) is 31.8 Å². The molecule has 3 aromatic rings. The summed E-state index contributed by atoms with van der Waals surface area (Å²) >= 11 is 6.09. The molecule has 10 nitrogen and oxygen atoms in total. The molecule has 5 heterocycles. The van der Waals surface area contributed by atoms with Crippen LogP contribution in [-0.2, 0) is 18.3 Å². The van der Waals surface area contributed by atoms with Gasteiger partial charge < -0.3 is 14.2 Å². The summed E-state index contributed by atoms with van der Waals surface area (Å²) in [5, 5.41) is 0.422. The number of hydrogen-bond donors (Lipinski definition) is 0. The van der Waals surface area contributed by atoms with Crippen molar-refractivity contribution in [1.82, 2.24) is 29.0 Å². The van der Waals surface area contributed by atoms with Gasteiger partial charge in [0.05, 0.1) is 23.3 Å². The Hall–Kier alpha value is -2.82. The van der Waals surface area contributed by atoms with Crippen LogP contribution in [0.25, 0.3) is 11.2 Å². The van der Waals surface area contributed by atoms with Crippen molar-refractivity contribution < 1.29 is 4.74 Å². The van der Waals surface area contributed by atoms with E-state index in [0.29, 0.717) is 48.1 Å². The van der Waals surface area contributed by atoms with Crippen molar-refractivity contribution in [2.24, 2.45) is 7.05 Å². The van der Waals surface area contributed by atoms with Crippen LogP contribution in [0.5, 0.6) is 0 Å². The largest absolute Gasteiger partial charge is 0.376 e. The van der Waals surface area contributed by atoms with Gasteiger partial charge in [0.1, 0.15) is 0 Å². The maximum absolute atomic E-state index is 12.9.